The van der Waals surface area contributed by atoms with E-state index >= 15 is 0 Å². The van der Waals surface area contributed by atoms with Crippen LogP contribution in [-0.4, -0.2) is 13.6 Å². The molecule has 0 heterocycles. The highest BCUT2D eigenvalue weighted by molar-refractivity contribution is 5.52. The molecule has 2 aromatic rings. The molecule has 0 radical (unpaired) electrons. The van der Waals surface area contributed by atoms with Crippen molar-refractivity contribution < 1.29 is 8.78 Å². The second-order valence-electron chi connectivity index (χ2n) is 5.37. The Kier molecular flexibility index (Phi) is 4.58. The van der Waals surface area contributed by atoms with Gasteiger partial charge in [0.15, 0.2) is 0 Å². The van der Waals surface area contributed by atoms with E-state index < -0.39 is 17.7 Å². The molecular weight excluding hydrogens is 270 g/mol. The van der Waals surface area contributed by atoms with Crippen molar-refractivity contribution in [1.82, 2.24) is 0 Å². The van der Waals surface area contributed by atoms with Gasteiger partial charge in [-0.25, -0.2) is 8.78 Å². The second-order valence-corrected chi connectivity index (χ2v) is 5.37. The van der Waals surface area contributed by atoms with E-state index in [9.17, 15) is 8.78 Å². The van der Waals surface area contributed by atoms with Gasteiger partial charge in [0.1, 0.15) is 11.6 Å². The summed E-state index contributed by atoms with van der Waals surface area (Å²) in [5, 5.41) is 0. The first-order chi connectivity index (χ1) is 9.92. The molecule has 0 aromatic heterocycles. The molecule has 112 valence electrons. The molecular formula is C17H20F2N2. The number of aryl methyl sites for hydroxylation is 2. The van der Waals surface area contributed by atoms with E-state index in [1.807, 2.05) is 37.9 Å². The van der Waals surface area contributed by atoms with Gasteiger partial charge in [-0.3, -0.25) is 0 Å². The third-order valence-corrected chi connectivity index (χ3v) is 3.62. The van der Waals surface area contributed by atoms with Crippen molar-refractivity contribution in [2.24, 2.45) is 5.73 Å². The van der Waals surface area contributed by atoms with E-state index in [1.165, 1.54) is 6.07 Å². The van der Waals surface area contributed by atoms with Gasteiger partial charge < -0.3 is 10.6 Å². The van der Waals surface area contributed by atoms with Crippen LogP contribution in [0, 0.1) is 25.5 Å². The number of likely N-dealkylation sites (N-methyl/N-ethyl adjacent to an activating group) is 1. The second kappa shape index (κ2) is 6.22. The van der Waals surface area contributed by atoms with Gasteiger partial charge in [0.2, 0.25) is 0 Å². The molecule has 0 bridgehead atoms. The van der Waals surface area contributed by atoms with Crippen LogP contribution in [0.15, 0.2) is 36.4 Å². The van der Waals surface area contributed by atoms with Gasteiger partial charge in [0.05, 0.1) is 6.04 Å². The Bertz CT molecular complexity index is 620. The lowest BCUT2D eigenvalue weighted by atomic mass is 10.0. The lowest BCUT2D eigenvalue weighted by Gasteiger charge is -2.30. The van der Waals surface area contributed by atoms with Gasteiger partial charge in [0, 0.05) is 24.8 Å². The highest BCUT2D eigenvalue weighted by Gasteiger charge is 2.20. The summed E-state index contributed by atoms with van der Waals surface area (Å²) in [6.07, 6.45) is 0. The molecule has 0 amide bonds. The zero-order chi connectivity index (χ0) is 15.6. The molecule has 2 N–H and O–H groups in total. The standard InChI is InChI=1S/C17H20F2N2/c1-11-6-12(2)8-14(7-11)21(3)17(10-20)15-9-13(18)4-5-16(15)19/h4-9,17H,10,20H2,1-3H3. The number of nitrogens with two attached hydrogens (primary N) is 1. The Hall–Kier alpha value is -1.94. The number of hydrogen-bond donors (Lipinski definition) is 1. The summed E-state index contributed by atoms with van der Waals surface area (Å²) in [4.78, 5) is 1.89. The van der Waals surface area contributed by atoms with Crippen molar-refractivity contribution in [3.63, 3.8) is 0 Å². The van der Waals surface area contributed by atoms with Crippen LogP contribution in [0.3, 0.4) is 0 Å². The minimum Gasteiger partial charge on any atom is -0.366 e. The normalized spacial score (nSPS) is 12.3. The lowest BCUT2D eigenvalue weighted by Crippen LogP contribution is -2.31. The van der Waals surface area contributed by atoms with Crippen molar-refractivity contribution in [2.45, 2.75) is 19.9 Å². The maximum atomic E-state index is 14.0. The lowest BCUT2D eigenvalue weighted by molar-refractivity contribution is 0.555. The zero-order valence-electron chi connectivity index (χ0n) is 12.5. The van der Waals surface area contributed by atoms with Crippen molar-refractivity contribution >= 4 is 5.69 Å². The molecule has 4 heteroatoms. The molecule has 2 rings (SSSR count). The summed E-state index contributed by atoms with van der Waals surface area (Å²) >= 11 is 0. The quantitative estimate of drug-likeness (QED) is 0.930. The van der Waals surface area contributed by atoms with E-state index in [0.29, 0.717) is 0 Å². The van der Waals surface area contributed by atoms with Crippen molar-refractivity contribution in [1.29, 1.82) is 0 Å². The first-order valence-electron chi connectivity index (χ1n) is 6.88. The fraction of sp³-hybridized carbons (Fsp3) is 0.294. The fourth-order valence-electron chi connectivity index (χ4n) is 2.60. The Morgan fingerprint density at radius 1 is 1.05 bits per heavy atom. The number of anilines is 1. The van der Waals surface area contributed by atoms with Crippen LogP contribution in [0.2, 0.25) is 0 Å². The van der Waals surface area contributed by atoms with Gasteiger partial charge in [-0.2, -0.15) is 0 Å². The average molecular weight is 290 g/mol. The molecule has 0 spiro atoms. The van der Waals surface area contributed by atoms with Crippen molar-refractivity contribution in [3.05, 3.63) is 64.7 Å². The number of nitrogens with zero attached hydrogens (tertiary/aromatic N) is 1. The molecule has 0 saturated heterocycles. The summed E-state index contributed by atoms with van der Waals surface area (Å²) in [5.41, 5.74) is 9.26. The topological polar surface area (TPSA) is 29.3 Å². The highest BCUT2D eigenvalue weighted by atomic mass is 19.1. The monoisotopic (exact) mass is 290 g/mol. The average Bonchev–Trinajstić information content (AvgIpc) is 2.42. The first-order valence-corrected chi connectivity index (χ1v) is 6.88. The van der Waals surface area contributed by atoms with Crippen LogP contribution in [0.4, 0.5) is 14.5 Å². The van der Waals surface area contributed by atoms with Crippen molar-refractivity contribution in [3.8, 4) is 0 Å². The van der Waals surface area contributed by atoms with E-state index in [-0.39, 0.29) is 12.1 Å². The summed E-state index contributed by atoms with van der Waals surface area (Å²) in [7, 11) is 1.84. The van der Waals surface area contributed by atoms with Crippen LogP contribution in [0.5, 0.6) is 0 Å². The van der Waals surface area contributed by atoms with Gasteiger partial charge in [-0.05, 0) is 55.3 Å². The zero-order valence-corrected chi connectivity index (χ0v) is 12.5. The minimum absolute atomic E-state index is 0.198. The molecule has 1 atom stereocenters. The maximum Gasteiger partial charge on any atom is 0.128 e. The van der Waals surface area contributed by atoms with Crippen LogP contribution in [-0.2, 0) is 0 Å². The first kappa shape index (κ1) is 15.4. The van der Waals surface area contributed by atoms with Crippen molar-refractivity contribution in [2.75, 3.05) is 18.5 Å². The van der Waals surface area contributed by atoms with Gasteiger partial charge >= 0.3 is 0 Å². The SMILES string of the molecule is Cc1cc(C)cc(N(C)C(CN)c2cc(F)ccc2F)c1. The molecule has 2 aromatic carbocycles. The molecule has 1 unspecified atom stereocenters. The number of halogens is 2. The smallest absolute Gasteiger partial charge is 0.128 e. The summed E-state index contributed by atoms with van der Waals surface area (Å²) in [6.45, 7) is 4.21. The van der Waals surface area contributed by atoms with E-state index in [2.05, 4.69) is 6.07 Å². The molecule has 0 aliphatic carbocycles. The summed E-state index contributed by atoms with van der Waals surface area (Å²) in [5.74, 6) is -0.901. The Labute approximate surface area is 124 Å². The Morgan fingerprint density at radius 3 is 2.24 bits per heavy atom. The van der Waals surface area contributed by atoms with Crippen LogP contribution in [0.1, 0.15) is 22.7 Å². The van der Waals surface area contributed by atoms with Gasteiger partial charge in [-0.15, -0.1) is 0 Å². The Balaban J connectivity index is 2.42. The highest BCUT2D eigenvalue weighted by Crippen LogP contribution is 2.28. The van der Waals surface area contributed by atoms with E-state index in [1.54, 1.807) is 0 Å². The van der Waals surface area contributed by atoms with Crippen LogP contribution < -0.4 is 10.6 Å². The predicted octanol–water partition coefficient (Wildman–Crippen LogP) is 3.72. The van der Waals surface area contributed by atoms with Crippen LogP contribution >= 0.6 is 0 Å². The molecule has 21 heavy (non-hydrogen) atoms. The summed E-state index contributed by atoms with van der Waals surface area (Å²) in [6, 6.07) is 9.14. The minimum atomic E-state index is -0.460. The van der Waals surface area contributed by atoms with E-state index in [4.69, 9.17) is 5.73 Å². The number of rotatable bonds is 4. The van der Waals surface area contributed by atoms with Crippen LogP contribution in [0.25, 0.3) is 0 Å². The fourth-order valence-corrected chi connectivity index (χ4v) is 2.60. The third kappa shape index (κ3) is 3.39. The van der Waals surface area contributed by atoms with E-state index in [0.717, 1.165) is 28.9 Å². The maximum absolute atomic E-state index is 14.0. The molecule has 2 nitrogen and oxygen atoms in total. The molecule has 0 aliphatic rings. The summed E-state index contributed by atoms with van der Waals surface area (Å²) < 4.78 is 27.4. The molecule has 0 fully saturated rings. The van der Waals surface area contributed by atoms with Gasteiger partial charge in [-0.1, -0.05) is 6.07 Å². The number of benzene rings is 2. The largest absolute Gasteiger partial charge is 0.366 e. The molecule has 0 aliphatic heterocycles. The number of hydrogen-bond acceptors (Lipinski definition) is 2. The molecule has 0 saturated carbocycles. The Morgan fingerprint density at radius 2 is 1.67 bits per heavy atom. The third-order valence-electron chi connectivity index (χ3n) is 3.62. The van der Waals surface area contributed by atoms with Gasteiger partial charge in [0.25, 0.3) is 0 Å². The predicted molar refractivity (Wildman–Crippen MR) is 82.5 cm³/mol.